The van der Waals surface area contributed by atoms with Gasteiger partial charge < -0.3 is 9.80 Å². The first kappa shape index (κ1) is 19.4. The van der Waals surface area contributed by atoms with E-state index in [9.17, 15) is 8.42 Å². The van der Waals surface area contributed by atoms with Gasteiger partial charge in [0.2, 0.25) is 0 Å². The topological polar surface area (TPSA) is 45.6 Å². The third-order valence-corrected chi connectivity index (χ3v) is 8.07. The van der Waals surface area contributed by atoms with Crippen molar-refractivity contribution in [2.75, 3.05) is 38.6 Å². The molecule has 1 aromatic heterocycles. The predicted molar refractivity (Wildman–Crippen MR) is 123 cm³/mol. The van der Waals surface area contributed by atoms with Gasteiger partial charge in [-0.1, -0.05) is 30.3 Å². The van der Waals surface area contributed by atoms with Crippen molar-refractivity contribution < 1.29 is 8.42 Å². The highest BCUT2D eigenvalue weighted by Crippen LogP contribution is 2.34. The molecule has 5 rings (SSSR count). The second kappa shape index (κ2) is 7.29. The minimum atomic E-state index is -3.70. The van der Waals surface area contributed by atoms with Gasteiger partial charge in [-0.25, -0.2) is 12.4 Å². The molecule has 0 aliphatic carbocycles. The number of benzene rings is 2. The van der Waals surface area contributed by atoms with Crippen molar-refractivity contribution in [1.82, 2.24) is 8.87 Å². The highest BCUT2D eigenvalue weighted by atomic mass is 32.2. The van der Waals surface area contributed by atoms with Gasteiger partial charge in [-0.05, 0) is 55.6 Å². The first-order valence-corrected chi connectivity index (χ1v) is 12.0. The second-order valence-corrected chi connectivity index (χ2v) is 10.2. The van der Waals surface area contributed by atoms with Crippen molar-refractivity contribution in [3.63, 3.8) is 0 Å². The molecular weight excluding hydrogens is 394 g/mol. The summed E-state index contributed by atoms with van der Waals surface area (Å²) in [5.74, 6) is 0. The minimum Gasteiger partial charge on any atom is -0.374 e. The summed E-state index contributed by atoms with van der Waals surface area (Å²) < 4.78 is 28.9. The fourth-order valence-electron chi connectivity index (χ4n) is 4.63. The summed E-state index contributed by atoms with van der Waals surface area (Å²) in [6, 6.07) is 13.4. The number of rotatable bonds is 3. The number of anilines is 1. The van der Waals surface area contributed by atoms with E-state index in [0.717, 1.165) is 61.1 Å². The van der Waals surface area contributed by atoms with Crippen LogP contribution >= 0.6 is 0 Å². The summed E-state index contributed by atoms with van der Waals surface area (Å²) >= 11 is 0. The molecule has 2 aliphatic heterocycles. The molecule has 2 aliphatic rings. The lowest BCUT2D eigenvalue weighted by molar-refractivity contribution is 0.370. The van der Waals surface area contributed by atoms with Crippen molar-refractivity contribution in [2.45, 2.75) is 24.2 Å². The van der Waals surface area contributed by atoms with Gasteiger partial charge in [0.15, 0.2) is 0 Å². The van der Waals surface area contributed by atoms with Crippen molar-refractivity contribution >= 4 is 32.2 Å². The van der Waals surface area contributed by atoms with E-state index in [1.807, 2.05) is 49.6 Å². The molecule has 0 N–H and O–H groups in total. The highest BCUT2D eigenvalue weighted by molar-refractivity contribution is 7.90. The van der Waals surface area contributed by atoms with Crippen LogP contribution in [0.4, 0.5) is 5.69 Å². The SMILES string of the molecule is CN1CC=C(c2cn(S(=O)(=O)c3ccc4c(c3)N(C)CCC4)c3ccccc23)CC1. The van der Waals surface area contributed by atoms with Crippen molar-refractivity contribution in [1.29, 1.82) is 0 Å². The summed E-state index contributed by atoms with van der Waals surface area (Å²) in [5.41, 5.74) is 5.23. The first-order valence-electron chi connectivity index (χ1n) is 10.5. The van der Waals surface area contributed by atoms with Gasteiger partial charge in [-0.15, -0.1) is 0 Å². The van der Waals surface area contributed by atoms with E-state index in [-0.39, 0.29) is 0 Å². The van der Waals surface area contributed by atoms with Crippen LogP contribution < -0.4 is 4.90 Å². The van der Waals surface area contributed by atoms with Crippen LogP contribution in [-0.2, 0) is 16.4 Å². The molecule has 156 valence electrons. The van der Waals surface area contributed by atoms with E-state index < -0.39 is 10.0 Å². The smallest absolute Gasteiger partial charge is 0.268 e. The lowest BCUT2D eigenvalue weighted by atomic mass is 9.99. The summed E-state index contributed by atoms with van der Waals surface area (Å²) in [6.07, 6.45) is 7.06. The van der Waals surface area contributed by atoms with Crippen LogP contribution in [-0.4, -0.2) is 51.0 Å². The van der Waals surface area contributed by atoms with Crippen LogP contribution in [0.1, 0.15) is 24.0 Å². The number of likely N-dealkylation sites (N-methyl/N-ethyl adjacent to an activating group) is 1. The zero-order valence-electron chi connectivity index (χ0n) is 17.5. The maximum absolute atomic E-state index is 13.7. The third-order valence-electron chi connectivity index (χ3n) is 6.40. The van der Waals surface area contributed by atoms with E-state index >= 15 is 0 Å². The Hall–Kier alpha value is -2.57. The summed E-state index contributed by atoms with van der Waals surface area (Å²) in [4.78, 5) is 4.77. The maximum Gasteiger partial charge on any atom is 0.268 e. The van der Waals surface area contributed by atoms with Crippen LogP contribution in [0.15, 0.2) is 59.6 Å². The lowest BCUT2D eigenvalue weighted by Crippen LogP contribution is -2.25. The normalized spacial score (nSPS) is 17.8. The lowest BCUT2D eigenvalue weighted by Gasteiger charge is -2.28. The van der Waals surface area contributed by atoms with Crippen LogP contribution in [0, 0.1) is 0 Å². The number of aromatic nitrogens is 1. The monoisotopic (exact) mass is 421 g/mol. The fourth-order valence-corrected chi connectivity index (χ4v) is 6.02. The largest absolute Gasteiger partial charge is 0.374 e. The summed E-state index contributed by atoms with van der Waals surface area (Å²) in [6.45, 7) is 2.82. The Bertz CT molecular complexity index is 1260. The van der Waals surface area contributed by atoms with Gasteiger partial charge in [0.1, 0.15) is 0 Å². The molecule has 5 nitrogen and oxygen atoms in total. The van der Waals surface area contributed by atoms with E-state index in [4.69, 9.17) is 0 Å². The summed E-state index contributed by atoms with van der Waals surface area (Å²) in [5, 5.41) is 0.993. The van der Waals surface area contributed by atoms with E-state index in [0.29, 0.717) is 4.90 Å². The van der Waals surface area contributed by atoms with Gasteiger partial charge in [-0.2, -0.15) is 0 Å². The van der Waals surface area contributed by atoms with Crippen LogP contribution in [0.2, 0.25) is 0 Å². The Morgan fingerprint density at radius 1 is 0.967 bits per heavy atom. The molecule has 0 saturated heterocycles. The Kier molecular flexibility index (Phi) is 4.71. The molecule has 0 saturated carbocycles. The number of fused-ring (bicyclic) bond motifs is 2. The Morgan fingerprint density at radius 3 is 2.60 bits per heavy atom. The number of aryl methyl sites for hydroxylation is 1. The molecule has 0 fully saturated rings. The average Bonchev–Trinajstić information content (AvgIpc) is 3.15. The minimum absolute atomic E-state index is 0.347. The molecule has 0 amide bonds. The zero-order valence-corrected chi connectivity index (χ0v) is 18.3. The molecule has 30 heavy (non-hydrogen) atoms. The highest BCUT2D eigenvalue weighted by Gasteiger charge is 2.25. The maximum atomic E-state index is 13.7. The van der Waals surface area contributed by atoms with E-state index in [1.165, 1.54) is 15.1 Å². The molecule has 2 aromatic carbocycles. The Morgan fingerprint density at radius 2 is 1.80 bits per heavy atom. The molecular formula is C24H27N3O2S. The number of hydrogen-bond acceptors (Lipinski definition) is 4. The van der Waals surface area contributed by atoms with Gasteiger partial charge >= 0.3 is 0 Å². The standard InChI is InChI=1S/C24H27N3O2S/c1-25-14-11-18(12-15-25)22-17-27(23-8-4-3-7-21(22)23)30(28,29)20-10-9-19-6-5-13-26(2)24(19)16-20/h3-4,7-11,16-17H,5-6,12-15H2,1-2H3. The Balaban J connectivity index is 1.65. The molecule has 3 heterocycles. The van der Waals surface area contributed by atoms with E-state index in [2.05, 4.69) is 22.9 Å². The first-order chi connectivity index (χ1) is 14.4. The van der Waals surface area contributed by atoms with Gasteiger partial charge in [0.05, 0.1) is 10.4 Å². The van der Waals surface area contributed by atoms with Gasteiger partial charge in [-0.3, -0.25) is 0 Å². The van der Waals surface area contributed by atoms with Crippen LogP contribution in [0.3, 0.4) is 0 Å². The Labute approximate surface area is 178 Å². The molecule has 6 heteroatoms. The predicted octanol–water partition coefficient (Wildman–Crippen LogP) is 3.98. The molecule has 0 radical (unpaired) electrons. The molecule has 0 atom stereocenters. The van der Waals surface area contributed by atoms with Crippen molar-refractivity contribution in [2.24, 2.45) is 0 Å². The average molecular weight is 422 g/mol. The quantitative estimate of drug-likeness (QED) is 0.642. The van der Waals surface area contributed by atoms with Gasteiger partial charge in [0.25, 0.3) is 10.0 Å². The van der Waals surface area contributed by atoms with Crippen LogP contribution in [0.5, 0.6) is 0 Å². The molecule has 0 unspecified atom stereocenters. The molecule has 0 bridgehead atoms. The number of hydrogen-bond donors (Lipinski definition) is 0. The zero-order chi connectivity index (χ0) is 20.9. The fraction of sp³-hybridized carbons (Fsp3) is 0.333. The number of nitrogens with zero attached hydrogens (tertiary/aromatic N) is 3. The number of para-hydroxylation sites is 1. The van der Waals surface area contributed by atoms with Crippen molar-refractivity contribution in [3.8, 4) is 0 Å². The summed E-state index contributed by atoms with van der Waals surface area (Å²) in [7, 11) is 0.438. The molecule has 3 aromatic rings. The van der Waals surface area contributed by atoms with E-state index in [1.54, 1.807) is 6.07 Å². The van der Waals surface area contributed by atoms with Gasteiger partial charge in [0, 0.05) is 49.5 Å². The second-order valence-electron chi connectivity index (χ2n) is 8.42. The molecule has 0 spiro atoms. The van der Waals surface area contributed by atoms with Crippen molar-refractivity contribution in [3.05, 3.63) is 65.9 Å². The third kappa shape index (κ3) is 3.15. The van der Waals surface area contributed by atoms with Crippen LogP contribution in [0.25, 0.3) is 16.5 Å².